The minimum atomic E-state index is -0.932. The summed E-state index contributed by atoms with van der Waals surface area (Å²) >= 11 is 0. The second-order valence-corrected chi connectivity index (χ2v) is 4.12. The van der Waals surface area contributed by atoms with E-state index in [9.17, 15) is 9.59 Å². The van der Waals surface area contributed by atoms with Gasteiger partial charge in [-0.15, -0.1) is 0 Å². The van der Waals surface area contributed by atoms with E-state index in [-0.39, 0.29) is 38.1 Å². The molecule has 0 bridgehead atoms. The van der Waals surface area contributed by atoms with Crippen LogP contribution in [-0.2, 0) is 18.9 Å². The van der Waals surface area contributed by atoms with Crippen molar-refractivity contribution in [2.75, 3.05) is 39.6 Å². The van der Waals surface area contributed by atoms with Crippen LogP contribution < -0.4 is 9.47 Å². The molecule has 24 heavy (non-hydrogen) atoms. The molecule has 0 saturated carbocycles. The van der Waals surface area contributed by atoms with Gasteiger partial charge in [-0.3, -0.25) is 0 Å². The van der Waals surface area contributed by atoms with Crippen LogP contribution >= 0.6 is 0 Å². The predicted molar refractivity (Wildman–Crippen MR) is 81.2 cm³/mol. The largest absolute Gasteiger partial charge is 0.515 e. The summed E-state index contributed by atoms with van der Waals surface area (Å²) in [5.74, 6) is 0.0413. The summed E-state index contributed by atoms with van der Waals surface area (Å²) in [6.45, 7) is 5.42. The van der Waals surface area contributed by atoms with Gasteiger partial charge in [-0.05, 0) is 19.9 Å². The van der Waals surface area contributed by atoms with Crippen molar-refractivity contribution in [2.24, 2.45) is 0 Å². The minimum Gasteiger partial charge on any atom is -0.432 e. The van der Waals surface area contributed by atoms with Crippen molar-refractivity contribution in [3.8, 4) is 11.6 Å². The van der Waals surface area contributed by atoms with Gasteiger partial charge in [0.1, 0.15) is 19.0 Å². The van der Waals surface area contributed by atoms with E-state index >= 15 is 0 Å². The van der Waals surface area contributed by atoms with Crippen molar-refractivity contribution in [3.63, 3.8) is 0 Å². The van der Waals surface area contributed by atoms with Crippen molar-refractivity contribution in [1.29, 1.82) is 0 Å². The van der Waals surface area contributed by atoms with Crippen molar-refractivity contribution < 1.29 is 38.0 Å². The molecule has 0 amide bonds. The lowest BCUT2D eigenvalue weighted by atomic mass is 10.4. The molecule has 0 N–H and O–H groups in total. The Kier molecular flexibility index (Phi) is 9.90. The monoisotopic (exact) mass is 343 g/mol. The molecule has 0 saturated heterocycles. The summed E-state index contributed by atoms with van der Waals surface area (Å²) in [5.41, 5.74) is 0. The van der Waals surface area contributed by atoms with Crippen LogP contribution in [0.5, 0.6) is 11.6 Å². The molecule has 0 aliphatic heterocycles. The number of carbonyl (C=O) groups excluding carboxylic acids is 2. The second kappa shape index (κ2) is 12.1. The van der Waals surface area contributed by atoms with Gasteiger partial charge >= 0.3 is 12.3 Å². The van der Waals surface area contributed by atoms with Crippen molar-refractivity contribution in [2.45, 2.75) is 13.8 Å². The molecule has 9 heteroatoms. The van der Waals surface area contributed by atoms with Gasteiger partial charge in [-0.2, -0.15) is 0 Å². The summed E-state index contributed by atoms with van der Waals surface area (Å²) in [7, 11) is 0. The smallest absolute Gasteiger partial charge is 0.432 e. The fourth-order valence-electron chi connectivity index (χ4n) is 1.41. The van der Waals surface area contributed by atoms with Gasteiger partial charge in [0, 0.05) is 25.5 Å². The molecule has 0 unspecified atom stereocenters. The first-order valence-corrected chi connectivity index (χ1v) is 7.46. The van der Waals surface area contributed by atoms with Crippen LogP contribution in [0.1, 0.15) is 13.8 Å². The average molecular weight is 343 g/mol. The van der Waals surface area contributed by atoms with Crippen molar-refractivity contribution >= 4 is 12.3 Å². The van der Waals surface area contributed by atoms with Crippen LogP contribution in [0.3, 0.4) is 0 Å². The number of nitrogens with zero attached hydrogens (tertiary/aromatic N) is 1. The van der Waals surface area contributed by atoms with Gasteiger partial charge in [0.05, 0.1) is 13.2 Å². The molecule has 134 valence electrons. The Balaban J connectivity index is 2.37. The Morgan fingerprint density at radius 1 is 0.917 bits per heavy atom. The average Bonchev–Trinajstić information content (AvgIpc) is 2.56. The Bertz CT molecular complexity index is 467. The van der Waals surface area contributed by atoms with Gasteiger partial charge in [0.25, 0.3) is 0 Å². The fraction of sp³-hybridized carbons (Fsp3) is 0.533. The summed E-state index contributed by atoms with van der Waals surface area (Å²) in [6.07, 6.45) is -0.518. The zero-order valence-corrected chi connectivity index (χ0v) is 13.7. The normalized spacial score (nSPS) is 10.1. The highest BCUT2D eigenvalue weighted by atomic mass is 16.7. The highest BCUT2D eigenvalue weighted by Crippen LogP contribution is 2.17. The molecule has 0 aliphatic rings. The lowest BCUT2D eigenvalue weighted by Crippen LogP contribution is -2.16. The predicted octanol–water partition coefficient (Wildman–Crippen LogP) is 2.19. The Labute approximate surface area is 139 Å². The maximum Gasteiger partial charge on any atom is 0.515 e. The zero-order valence-electron chi connectivity index (χ0n) is 13.7. The molecular weight excluding hydrogens is 322 g/mol. The molecular formula is C15H21NO8. The molecule has 1 rings (SSSR count). The topological polar surface area (TPSA) is 102 Å². The third-order valence-electron chi connectivity index (χ3n) is 2.40. The molecule has 0 aromatic carbocycles. The molecule has 0 spiro atoms. The van der Waals surface area contributed by atoms with Crippen LogP contribution in [0.4, 0.5) is 9.59 Å². The summed E-state index contributed by atoms with van der Waals surface area (Å²) in [6, 6.07) is 2.67. The number of aromatic nitrogens is 1. The van der Waals surface area contributed by atoms with E-state index in [1.807, 2.05) is 13.8 Å². The van der Waals surface area contributed by atoms with E-state index in [1.54, 1.807) is 0 Å². The number of hydrogen-bond donors (Lipinski definition) is 0. The van der Waals surface area contributed by atoms with Gasteiger partial charge in [0.15, 0.2) is 0 Å². The summed E-state index contributed by atoms with van der Waals surface area (Å²) in [5, 5.41) is 0. The van der Waals surface area contributed by atoms with Gasteiger partial charge in [-0.25, -0.2) is 14.6 Å². The highest BCUT2D eigenvalue weighted by molar-refractivity contribution is 5.65. The molecule has 9 nitrogen and oxygen atoms in total. The maximum atomic E-state index is 11.4. The van der Waals surface area contributed by atoms with Crippen LogP contribution in [0, 0.1) is 0 Å². The lowest BCUT2D eigenvalue weighted by Gasteiger charge is -2.08. The number of carbonyl (C=O) groups is 2. The van der Waals surface area contributed by atoms with E-state index in [1.165, 1.54) is 18.3 Å². The Morgan fingerprint density at radius 3 is 2.08 bits per heavy atom. The first-order chi connectivity index (χ1) is 11.7. The number of hydrogen-bond acceptors (Lipinski definition) is 9. The quantitative estimate of drug-likeness (QED) is 0.467. The standard InChI is InChI=1S/C15H21NO8/c1-3-19-7-9-21-14(17)23-12-5-6-16-13(11-12)24-15(18)22-10-8-20-4-2/h5-6,11H,3-4,7-10H2,1-2H3. The van der Waals surface area contributed by atoms with Crippen LogP contribution in [0.2, 0.25) is 0 Å². The first kappa shape index (κ1) is 19.7. The molecule has 1 heterocycles. The number of rotatable bonds is 10. The second-order valence-electron chi connectivity index (χ2n) is 4.12. The molecule has 0 aliphatic carbocycles. The molecule has 0 radical (unpaired) electrons. The SMILES string of the molecule is CCOCCOC(=O)Oc1ccnc(OC(=O)OCCOCC)c1. The first-order valence-electron chi connectivity index (χ1n) is 7.46. The van der Waals surface area contributed by atoms with Gasteiger partial charge < -0.3 is 28.4 Å². The third kappa shape index (κ3) is 8.91. The van der Waals surface area contributed by atoms with E-state index in [0.717, 1.165) is 0 Å². The number of ether oxygens (including phenoxy) is 6. The highest BCUT2D eigenvalue weighted by Gasteiger charge is 2.11. The van der Waals surface area contributed by atoms with Crippen LogP contribution in [0.15, 0.2) is 18.3 Å². The van der Waals surface area contributed by atoms with Crippen molar-refractivity contribution in [3.05, 3.63) is 18.3 Å². The van der Waals surface area contributed by atoms with Crippen LogP contribution in [0.25, 0.3) is 0 Å². The molecule has 0 fully saturated rings. The third-order valence-corrected chi connectivity index (χ3v) is 2.40. The van der Waals surface area contributed by atoms with Crippen LogP contribution in [-0.4, -0.2) is 56.9 Å². The summed E-state index contributed by atoms with van der Waals surface area (Å²) < 4.78 is 29.4. The molecule has 0 atom stereocenters. The lowest BCUT2D eigenvalue weighted by molar-refractivity contribution is 0.0545. The zero-order chi connectivity index (χ0) is 17.6. The van der Waals surface area contributed by atoms with E-state index < -0.39 is 12.3 Å². The number of pyridine rings is 1. The van der Waals surface area contributed by atoms with Gasteiger partial charge in [0.2, 0.25) is 5.88 Å². The Morgan fingerprint density at radius 2 is 1.50 bits per heavy atom. The molecule has 1 aromatic rings. The van der Waals surface area contributed by atoms with E-state index in [2.05, 4.69) is 4.98 Å². The fourth-order valence-corrected chi connectivity index (χ4v) is 1.41. The summed E-state index contributed by atoms with van der Waals surface area (Å²) in [4.78, 5) is 26.7. The minimum absolute atomic E-state index is 0.0645. The Hall–Kier alpha value is -2.39. The van der Waals surface area contributed by atoms with Crippen molar-refractivity contribution in [1.82, 2.24) is 4.98 Å². The van der Waals surface area contributed by atoms with Gasteiger partial charge in [-0.1, -0.05) is 0 Å². The molecule has 1 aromatic heterocycles. The maximum absolute atomic E-state index is 11.4. The van der Waals surface area contributed by atoms with E-state index in [0.29, 0.717) is 13.2 Å². The van der Waals surface area contributed by atoms with E-state index in [4.69, 9.17) is 28.4 Å².